The van der Waals surface area contributed by atoms with E-state index in [4.69, 9.17) is 9.47 Å². The Morgan fingerprint density at radius 3 is 1.57 bits per heavy atom. The summed E-state index contributed by atoms with van der Waals surface area (Å²) in [4.78, 5) is 35.9. The minimum atomic E-state index is -1.24. The number of ketones is 1. The van der Waals surface area contributed by atoms with Crippen LogP contribution in [0.5, 0.6) is 0 Å². The van der Waals surface area contributed by atoms with Crippen molar-refractivity contribution in [3.63, 3.8) is 0 Å². The van der Waals surface area contributed by atoms with E-state index in [-0.39, 0.29) is 12.2 Å². The van der Waals surface area contributed by atoms with Crippen LogP contribution in [0.2, 0.25) is 0 Å². The van der Waals surface area contributed by atoms with E-state index in [1.165, 1.54) is 6.08 Å². The predicted octanol–water partition coefficient (Wildman–Crippen LogP) is 2.82. The van der Waals surface area contributed by atoms with Crippen molar-refractivity contribution < 1.29 is 23.9 Å². The Morgan fingerprint density at radius 1 is 0.905 bits per heavy atom. The minimum Gasteiger partial charge on any atom is -0.459 e. The maximum Gasteiger partial charge on any atom is 0.321 e. The summed E-state index contributed by atoms with van der Waals surface area (Å²) in [5.41, 5.74) is -1.47. The fraction of sp³-hybridized carbons (Fsp3) is 0.688. The molecule has 0 spiro atoms. The molecule has 0 unspecified atom stereocenters. The molecule has 0 amide bonds. The first kappa shape index (κ1) is 19.4. The van der Waals surface area contributed by atoms with Gasteiger partial charge in [-0.05, 0) is 54.5 Å². The Hall–Kier alpha value is -1.65. The topological polar surface area (TPSA) is 69.7 Å². The molecule has 0 rings (SSSR count). The molecule has 0 bridgehead atoms. The lowest BCUT2D eigenvalue weighted by Gasteiger charge is -2.25. The van der Waals surface area contributed by atoms with Crippen molar-refractivity contribution in [2.24, 2.45) is 5.92 Å². The number of hydrogen-bond donors (Lipinski definition) is 0. The Bertz CT molecular complexity index is 393. The van der Waals surface area contributed by atoms with E-state index in [2.05, 4.69) is 0 Å². The third-order valence-corrected chi connectivity index (χ3v) is 2.14. The van der Waals surface area contributed by atoms with Crippen LogP contribution in [-0.2, 0) is 23.9 Å². The van der Waals surface area contributed by atoms with Gasteiger partial charge in [-0.25, -0.2) is 0 Å². The third-order valence-electron chi connectivity index (χ3n) is 2.14. The normalized spacial score (nSPS) is 12.6. The van der Waals surface area contributed by atoms with Gasteiger partial charge in [-0.3, -0.25) is 14.4 Å². The van der Waals surface area contributed by atoms with Crippen LogP contribution in [0.25, 0.3) is 0 Å². The number of hydrogen-bond acceptors (Lipinski definition) is 5. The zero-order valence-electron chi connectivity index (χ0n) is 14.0. The fourth-order valence-corrected chi connectivity index (χ4v) is 1.46. The SMILES string of the molecule is C/C=C/C(=O)CC(C(=O)OC(C)(C)C)C(=O)OC(C)(C)C. The van der Waals surface area contributed by atoms with Crippen LogP contribution in [0, 0.1) is 5.92 Å². The van der Waals surface area contributed by atoms with E-state index in [9.17, 15) is 14.4 Å². The molecule has 0 aliphatic carbocycles. The predicted molar refractivity (Wildman–Crippen MR) is 79.6 cm³/mol. The van der Waals surface area contributed by atoms with Gasteiger partial charge in [0.1, 0.15) is 11.2 Å². The monoisotopic (exact) mass is 298 g/mol. The van der Waals surface area contributed by atoms with Crippen molar-refractivity contribution >= 4 is 17.7 Å². The average Bonchev–Trinajstić information content (AvgIpc) is 2.20. The number of allylic oxidation sites excluding steroid dienone is 2. The molecule has 0 aliphatic rings. The van der Waals surface area contributed by atoms with E-state index in [0.717, 1.165) is 0 Å². The van der Waals surface area contributed by atoms with Gasteiger partial charge in [-0.15, -0.1) is 0 Å². The Morgan fingerprint density at radius 2 is 1.29 bits per heavy atom. The van der Waals surface area contributed by atoms with Gasteiger partial charge in [0.25, 0.3) is 0 Å². The maximum absolute atomic E-state index is 12.1. The molecule has 0 aliphatic heterocycles. The highest BCUT2D eigenvalue weighted by atomic mass is 16.6. The highest BCUT2D eigenvalue weighted by molar-refractivity contribution is 6.01. The average molecular weight is 298 g/mol. The van der Waals surface area contributed by atoms with E-state index in [1.54, 1.807) is 54.5 Å². The number of carbonyl (C=O) groups excluding carboxylic acids is 3. The van der Waals surface area contributed by atoms with E-state index in [0.29, 0.717) is 0 Å². The zero-order valence-corrected chi connectivity index (χ0v) is 14.0. The zero-order chi connectivity index (χ0) is 16.8. The molecule has 0 heterocycles. The summed E-state index contributed by atoms with van der Waals surface area (Å²) in [6, 6.07) is 0. The number of carbonyl (C=O) groups is 3. The number of ether oxygens (including phenoxy) is 2. The van der Waals surface area contributed by atoms with E-state index < -0.39 is 29.1 Å². The van der Waals surface area contributed by atoms with Crippen molar-refractivity contribution in [1.29, 1.82) is 0 Å². The molecular formula is C16H26O5. The van der Waals surface area contributed by atoms with Gasteiger partial charge in [-0.2, -0.15) is 0 Å². The second kappa shape index (κ2) is 7.38. The van der Waals surface area contributed by atoms with Crippen LogP contribution in [0.3, 0.4) is 0 Å². The lowest BCUT2D eigenvalue weighted by Crippen LogP contribution is -2.37. The van der Waals surface area contributed by atoms with Crippen LogP contribution >= 0.6 is 0 Å². The fourth-order valence-electron chi connectivity index (χ4n) is 1.46. The summed E-state index contributed by atoms with van der Waals surface area (Å²) >= 11 is 0. The quantitative estimate of drug-likeness (QED) is 0.443. The molecule has 0 radical (unpaired) electrons. The van der Waals surface area contributed by atoms with Gasteiger partial charge in [-0.1, -0.05) is 6.08 Å². The van der Waals surface area contributed by atoms with Gasteiger partial charge in [0.2, 0.25) is 0 Å². The maximum atomic E-state index is 12.1. The van der Waals surface area contributed by atoms with Crippen molar-refractivity contribution in [3.05, 3.63) is 12.2 Å². The number of rotatable bonds is 5. The molecule has 0 saturated heterocycles. The summed E-state index contributed by atoms with van der Waals surface area (Å²) in [5, 5.41) is 0. The van der Waals surface area contributed by atoms with Crippen LogP contribution < -0.4 is 0 Å². The lowest BCUT2D eigenvalue weighted by molar-refractivity contribution is -0.175. The molecule has 0 aromatic rings. The van der Waals surface area contributed by atoms with Crippen molar-refractivity contribution in [2.75, 3.05) is 0 Å². The van der Waals surface area contributed by atoms with Gasteiger partial charge >= 0.3 is 11.9 Å². The minimum absolute atomic E-state index is 0.256. The molecule has 21 heavy (non-hydrogen) atoms. The van der Waals surface area contributed by atoms with Gasteiger partial charge in [0, 0.05) is 6.42 Å². The van der Waals surface area contributed by atoms with Crippen molar-refractivity contribution in [1.82, 2.24) is 0 Å². The molecule has 5 nitrogen and oxygen atoms in total. The highest BCUT2D eigenvalue weighted by Gasteiger charge is 2.35. The van der Waals surface area contributed by atoms with E-state index >= 15 is 0 Å². The van der Waals surface area contributed by atoms with Crippen molar-refractivity contribution in [2.45, 2.75) is 66.1 Å². The Kier molecular flexibility index (Phi) is 6.80. The lowest BCUT2D eigenvalue weighted by atomic mass is 10.0. The van der Waals surface area contributed by atoms with Crippen LogP contribution in [0.4, 0.5) is 0 Å². The largest absolute Gasteiger partial charge is 0.459 e. The smallest absolute Gasteiger partial charge is 0.321 e. The molecule has 0 N–H and O–H groups in total. The van der Waals surface area contributed by atoms with Gasteiger partial charge in [0.15, 0.2) is 11.7 Å². The van der Waals surface area contributed by atoms with Crippen molar-refractivity contribution in [3.8, 4) is 0 Å². The first-order chi connectivity index (χ1) is 9.35. The van der Waals surface area contributed by atoms with E-state index in [1.807, 2.05) is 0 Å². The summed E-state index contributed by atoms with van der Waals surface area (Å²) in [7, 11) is 0. The molecule has 0 atom stereocenters. The molecule has 0 aromatic carbocycles. The Balaban J connectivity index is 5.13. The van der Waals surface area contributed by atoms with Gasteiger partial charge in [0.05, 0.1) is 0 Å². The molecule has 120 valence electrons. The standard InChI is InChI=1S/C16H26O5/c1-8-9-11(17)10-12(13(18)20-15(2,3)4)14(19)21-16(5,6)7/h8-9,12H,10H2,1-7H3/b9-8+. The summed E-state index contributed by atoms with van der Waals surface area (Å²) in [6.07, 6.45) is 2.62. The van der Waals surface area contributed by atoms with Gasteiger partial charge < -0.3 is 9.47 Å². The first-order valence-electron chi connectivity index (χ1n) is 6.97. The van der Waals surface area contributed by atoms with Crippen LogP contribution in [0.15, 0.2) is 12.2 Å². The second-order valence-electron chi connectivity index (χ2n) is 6.79. The molecular weight excluding hydrogens is 272 g/mol. The summed E-state index contributed by atoms with van der Waals surface area (Å²) < 4.78 is 10.4. The molecule has 5 heteroatoms. The Labute approximate surface area is 126 Å². The number of esters is 2. The summed E-state index contributed by atoms with van der Waals surface area (Å²) in [5.74, 6) is -3.05. The molecule has 0 fully saturated rings. The second-order valence-corrected chi connectivity index (χ2v) is 6.79. The summed E-state index contributed by atoms with van der Waals surface area (Å²) in [6.45, 7) is 11.9. The molecule has 0 aromatic heterocycles. The third kappa shape index (κ3) is 9.00. The van der Waals surface area contributed by atoms with Crippen LogP contribution in [-0.4, -0.2) is 28.9 Å². The van der Waals surface area contributed by atoms with Crippen LogP contribution in [0.1, 0.15) is 54.9 Å². The highest BCUT2D eigenvalue weighted by Crippen LogP contribution is 2.19. The molecule has 0 saturated carbocycles. The first-order valence-corrected chi connectivity index (χ1v) is 6.97.